The Balaban J connectivity index is 3.40. The Kier molecular flexibility index (Phi) is 1.81. The van der Waals surface area contributed by atoms with E-state index < -0.39 is 11.6 Å². The minimum Gasteiger partial charge on any atom is -0.507 e. The van der Waals surface area contributed by atoms with E-state index >= 15 is 0 Å². The first-order valence-corrected chi connectivity index (χ1v) is 2.98. The Morgan fingerprint density at radius 2 is 2.18 bits per heavy atom. The van der Waals surface area contributed by atoms with Gasteiger partial charge in [0.15, 0.2) is 0 Å². The number of hydrogen-bond donors (Lipinski definition) is 2. The van der Waals surface area contributed by atoms with Crippen LogP contribution in [0.15, 0.2) is 12.1 Å². The molecule has 0 saturated carbocycles. The summed E-state index contributed by atoms with van der Waals surface area (Å²) in [4.78, 5) is 0. The van der Waals surface area contributed by atoms with Crippen molar-refractivity contribution >= 4 is 11.8 Å². The number of nitrogens with two attached hydrogens (primary N) is 1. The largest absolute Gasteiger partial charge is 0.507 e. The van der Waals surface area contributed by atoms with Crippen molar-refractivity contribution < 1.29 is 9.50 Å². The second-order valence-electron chi connectivity index (χ2n) is 2.07. The van der Waals surface area contributed by atoms with Crippen LogP contribution in [0.25, 0.3) is 6.08 Å². The number of anilines is 1. The van der Waals surface area contributed by atoms with E-state index in [1.807, 2.05) is 0 Å². The molecular weight excluding hydrogens is 145 g/mol. The molecule has 0 bridgehead atoms. The lowest BCUT2D eigenvalue weighted by Gasteiger charge is -2.10. The summed E-state index contributed by atoms with van der Waals surface area (Å²) in [6, 6.07) is 2.56. The minimum absolute atomic E-state index is 0.0324. The van der Waals surface area contributed by atoms with E-state index in [-0.39, 0.29) is 11.3 Å². The van der Waals surface area contributed by atoms with Gasteiger partial charge in [0.05, 0.1) is 5.82 Å². The summed E-state index contributed by atoms with van der Waals surface area (Å²) in [5.41, 5.74) is 5.58. The summed E-state index contributed by atoms with van der Waals surface area (Å²) in [5, 5.41) is 8.85. The number of phenols is 1. The number of aromatic hydroxyl groups is 1. The van der Waals surface area contributed by atoms with Crippen LogP contribution in [-0.2, 0) is 0 Å². The molecule has 0 atom stereocenters. The highest BCUT2D eigenvalue weighted by atomic mass is 19.1. The Morgan fingerprint density at radius 1 is 1.55 bits per heavy atom. The average molecular weight is 152 g/mol. The van der Waals surface area contributed by atoms with E-state index in [4.69, 9.17) is 17.4 Å². The number of nitrogen functional groups attached to an aromatic ring is 1. The van der Waals surface area contributed by atoms with Crippen molar-refractivity contribution in [2.45, 2.75) is 0 Å². The molecule has 1 aromatic carbocycles. The van der Waals surface area contributed by atoms with E-state index in [1.54, 1.807) is 0 Å². The zero-order valence-electron chi connectivity index (χ0n) is 5.71. The third kappa shape index (κ3) is 1.17. The highest BCUT2D eigenvalue weighted by Crippen LogP contribution is 2.24. The molecule has 0 spiro atoms. The first-order valence-electron chi connectivity index (χ1n) is 2.98. The maximum Gasteiger partial charge on any atom is 0.133 e. The fourth-order valence-electron chi connectivity index (χ4n) is 0.766. The normalized spacial score (nSPS) is 9.55. The van der Waals surface area contributed by atoms with Crippen LogP contribution in [0, 0.1) is 12.4 Å². The van der Waals surface area contributed by atoms with Crippen molar-refractivity contribution in [3.8, 4) is 5.75 Å². The van der Waals surface area contributed by atoms with E-state index in [0.29, 0.717) is 0 Å². The van der Waals surface area contributed by atoms with Crippen LogP contribution in [0.4, 0.5) is 10.1 Å². The van der Waals surface area contributed by atoms with E-state index in [1.165, 1.54) is 12.1 Å². The molecule has 3 N–H and O–H groups in total. The first kappa shape index (κ1) is 7.60. The van der Waals surface area contributed by atoms with Gasteiger partial charge in [0.2, 0.25) is 0 Å². The van der Waals surface area contributed by atoms with Gasteiger partial charge in [-0.3, -0.25) is 6.58 Å². The smallest absolute Gasteiger partial charge is 0.133 e. The van der Waals surface area contributed by atoms with E-state index in [0.717, 1.165) is 6.08 Å². The third-order valence-electron chi connectivity index (χ3n) is 1.36. The lowest BCUT2D eigenvalue weighted by atomic mass is 10.1. The molecule has 3 heteroatoms. The van der Waals surface area contributed by atoms with Crippen LogP contribution in [0.2, 0.25) is 0 Å². The summed E-state index contributed by atoms with van der Waals surface area (Å²) in [7, 11) is 0. The summed E-state index contributed by atoms with van der Waals surface area (Å²) in [6.07, 6.45) is 1.02. The molecule has 0 aliphatic heterocycles. The molecule has 0 aromatic heterocycles. The second-order valence-corrected chi connectivity index (χ2v) is 2.07. The topological polar surface area (TPSA) is 46.2 Å². The highest BCUT2D eigenvalue weighted by Gasteiger charge is 1.99. The molecule has 0 aliphatic carbocycles. The molecule has 0 saturated heterocycles. The predicted octanol–water partition coefficient (Wildman–Crippen LogP) is 1.56. The summed E-state index contributed by atoms with van der Waals surface area (Å²) < 4.78 is 12.8. The van der Waals surface area contributed by atoms with Crippen LogP contribution >= 0.6 is 0 Å². The van der Waals surface area contributed by atoms with Gasteiger partial charge >= 0.3 is 0 Å². The van der Waals surface area contributed by atoms with Crippen LogP contribution in [-0.4, -0.2) is 5.11 Å². The summed E-state index contributed by atoms with van der Waals surface area (Å²) >= 11 is 0. The van der Waals surface area contributed by atoms with Crippen molar-refractivity contribution in [1.29, 1.82) is 0 Å². The molecule has 0 heterocycles. The Labute approximate surface area is 63.8 Å². The molecule has 0 aliphatic rings. The SMILES string of the molecule is [CH-]=Cc1c(N)ccc(O)c1F. The monoisotopic (exact) mass is 152 g/mol. The molecule has 1 rings (SSSR count). The van der Waals surface area contributed by atoms with Crippen molar-refractivity contribution in [3.05, 3.63) is 30.1 Å². The average Bonchev–Trinajstić information content (AvgIpc) is 1.99. The Hall–Kier alpha value is -1.51. The molecule has 2 nitrogen and oxygen atoms in total. The molecule has 0 unspecified atom stereocenters. The number of benzene rings is 1. The summed E-state index contributed by atoms with van der Waals surface area (Å²) in [6.45, 7) is 5.06. The van der Waals surface area contributed by atoms with Crippen LogP contribution < -0.4 is 5.73 Å². The van der Waals surface area contributed by atoms with Gasteiger partial charge in [-0.05, 0) is 11.8 Å². The van der Waals surface area contributed by atoms with Gasteiger partial charge in [-0.25, -0.2) is 10.5 Å². The Bertz CT molecular complexity index is 296. The van der Waals surface area contributed by atoms with Gasteiger partial charge in [-0.15, -0.1) is 5.56 Å². The van der Waals surface area contributed by atoms with E-state index in [2.05, 4.69) is 0 Å². The zero-order chi connectivity index (χ0) is 8.43. The fourth-order valence-corrected chi connectivity index (χ4v) is 0.766. The second kappa shape index (κ2) is 2.62. The molecule has 0 fully saturated rings. The van der Waals surface area contributed by atoms with Gasteiger partial charge in [-0.1, -0.05) is 6.07 Å². The van der Waals surface area contributed by atoms with Crippen LogP contribution in [0.5, 0.6) is 5.75 Å². The van der Waals surface area contributed by atoms with Crippen molar-refractivity contribution in [1.82, 2.24) is 0 Å². The first-order chi connectivity index (χ1) is 5.16. The molecule has 11 heavy (non-hydrogen) atoms. The van der Waals surface area contributed by atoms with Crippen molar-refractivity contribution in [2.24, 2.45) is 0 Å². The zero-order valence-corrected chi connectivity index (χ0v) is 5.71. The third-order valence-corrected chi connectivity index (χ3v) is 1.36. The number of halogens is 1. The quantitative estimate of drug-likeness (QED) is 0.364. The van der Waals surface area contributed by atoms with Gasteiger partial charge in [0.25, 0.3) is 0 Å². The van der Waals surface area contributed by atoms with E-state index in [9.17, 15) is 4.39 Å². The van der Waals surface area contributed by atoms with Crippen LogP contribution in [0.3, 0.4) is 0 Å². The lowest BCUT2D eigenvalue weighted by molar-refractivity contribution is 0.432. The maximum absolute atomic E-state index is 12.8. The van der Waals surface area contributed by atoms with Gasteiger partial charge < -0.3 is 10.8 Å². The van der Waals surface area contributed by atoms with Gasteiger partial charge in [0, 0.05) is 0 Å². The Morgan fingerprint density at radius 3 is 2.64 bits per heavy atom. The molecule has 58 valence electrons. The molecular formula is C8H7FNO-. The van der Waals surface area contributed by atoms with Gasteiger partial charge in [-0.2, -0.15) is 0 Å². The highest BCUT2D eigenvalue weighted by molar-refractivity contribution is 5.65. The number of rotatable bonds is 1. The molecule has 0 amide bonds. The predicted molar refractivity (Wildman–Crippen MR) is 41.2 cm³/mol. The standard InChI is InChI=1S/C8H7FNO/c1-2-5-6(10)3-4-7(11)8(5)9/h1-4,11H,10H2/q-1. The fraction of sp³-hybridized carbons (Fsp3) is 0. The van der Waals surface area contributed by atoms with Crippen LogP contribution in [0.1, 0.15) is 5.56 Å². The van der Waals surface area contributed by atoms with Gasteiger partial charge in [0.1, 0.15) is 5.75 Å². The number of hydrogen-bond acceptors (Lipinski definition) is 2. The molecule has 1 aromatic rings. The minimum atomic E-state index is -0.785. The van der Waals surface area contributed by atoms with Crippen molar-refractivity contribution in [3.63, 3.8) is 0 Å². The number of phenolic OH excluding ortho intramolecular Hbond substituents is 1. The lowest BCUT2D eigenvalue weighted by Crippen LogP contribution is -1.92. The molecule has 0 radical (unpaired) electrons. The maximum atomic E-state index is 12.8. The van der Waals surface area contributed by atoms with Crippen molar-refractivity contribution in [2.75, 3.05) is 5.73 Å². The summed E-state index contributed by atoms with van der Waals surface area (Å²) in [5.74, 6) is -1.23.